The molecule has 0 atom stereocenters. The van der Waals surface area contributed by atoms with E-state index in [0.29, 0.717) is 28.8 Å². The molecular weight excluding hydrogens is 299 g/mol. The van der Waals surface area contributed by atoms with Crippen LogP contribution >= 0.6 is 11.6 Å². The van der Waals surface area contributed by atoms with Crippen molar-refractivity contribution in [2.75, 3.05) is 0 Å². The van der Waals surface area contributed by atoms with E-state index in [9.17, 15) is 13.2 Å². The fourth-order valence-electron chi connectivity index (χ4n) is 2.76. The molecule has 1 saturated carbocycles. The minimum atomic E-state index is -4.32. The van der Waals surface area contributed by atoms with Crippen LogP contribution in [0.3, 0.4) is 0 Å². The highest BCUT2D eigenvalue weighted by Crippen LogP contribution is 2.42. The summed E-state index contributed by atoms with van der Waals surface area (Å²) in [6.45, 7) is 2.00. The Morgan fingerprint density at radius 2 is 1.90 bits per heavy atom. The summed E-state index contributed by atoms with van der Waals surface area (Å²) >= 11 is 6.32. The van der Waals surface area contributed by atoms with E-state index >= 15 is 0 Å². The zero-order valence-electron chi connectivity index (χ0n) is 11.6. The lowest BCUT2D eigenvalue weighted by atomic mass is 9.95. The van der Waals surface area contributed by atoms with Gasteiger partial charge >= 0.3 is 6.18 Å². The molecule has 5 heteroatoms. The van der Waals surface area contributed by atoms with Crippen LogP contribution in [-0.2, 0) is 12.6 Å². The van der Waals surface area contributed by atoms with Gasteiger partial charge in [-0.15, -0.1) is 0 Å². The maximum atomic E-state index is 12.8. The van der Waals surface area contributed by atoms with Gasteiger partial charge in [0, 0.05) is 0 Å². The number of allylic oxidation sites excluding steroid dienone is 2. The number of aliphatic imine (C=N–C) groups is 1. The predicted octanol–water partition coefficient (Wildman–Crippen LogP) is 5.65. The summed E-state index contributed by atoms with van der Waals surface area (Å²) in [5.74, 6) is 0.484. The van der Waals surface area contributed by atoms with Crippen LogP contribution in [0, 0.1) is 5.92 Å². The number of rotatable bonds is 1. The van der Waals surface area contributed by atoms with Gasteiger partial charge in [-0.25, -0.2) is 4.99 Å². The summed E-state index contributed by atoms with van der Waals surface area (Å²) in [4.78, 5) is 4.37. The molecular formula is C16H15ClF3N. The van der Waals surface area contributed by atoms with E-state index in [1.807, 2.05) is 6.92 Å². The minimum Gasteiger partial charge on any atom is -0.236 e. The van der Waals surface area contributed by atoms with Crippen LogP contribution in [0.4, 0.5) is 18.9 Å². The molecule has 1 aromatic rings. The van der Waals surface area contributed by atoms with Gasteiger partial charge < -0.3 is 0 Å². The average molecular weight is 314 g/mol. The quantitative estimate of drug-likeness (QED) is 0.635. The molecule has 0 bridgehead atoms. The monoisotopic (exact) mass is 313 g/mol. The Labute approximate surface area is 126 Å². The maximum Gasteiger partial charge on any atom is 0.416 e. The third-order valence-corrected chi connectivity index (χ3v) is 4.35. The molecule has 1 fully saturated rings. The van der Waals surface area contributed by atoms with Crippen molar-refractivity contribution in [1.29, 1.82) is 0 Å². The van der Waals surface area contributed by atoms with Gasteiger partial charge in [-0.3, -0.25) is 0 Å². The van der Waals surface area contributed by atoms with Gasteiger partial charge in [0.05, 0.1) is 11.3 Å². The third-order valence-electron chi connectivity index (χ3n) is 4.06. The van der Waals surface area contributed by atoms with E-state index in [0.717, 1.165) is 36.5 Å². The van der Waals surface area contributed by atoms with Gasteiger partial charge in [-0.1, -0.05) is 17.2 Å². The smallest absolute Gasteiger partial charge is 0.236 e. The molecule has 21 heavy (non-hydrogen) atoms. The largest absolute Gasteiger partial charge is 0.416 e. The Hall–Kier alpha value is -1.29. The number of alkyl halides is 3. The lowest BCUT2D eigenvalue weighted by Crippen LogP contribution is -2.08. The van der Waals surface area contributed by atoms with Crippen LogP contribution < -0.4 is 0 Å². The number of aryl methyl sites for hydroxylation is 1. The number of halogens is 4. The van der Waals surface area contributed by atoms with Crippen molar-refractivity contribution in [3.63, 3.8) is 0 Å². The molecule has 3 rings (SSSR count). The molecule has 2 aliphatic rings. The molecule has 1 nitrogen and oxygen atoms in total. The van der Waals surface area contributed by atoms with E-state index in [1.54, 1.807) is 0 Å². The molecule has 0 unspecified atom stereocenters. The molecule has 112 valence electrons. The third kappa shape index (κ3) is 3.00. The Morgan fingerprint density at radius 3 is 2.52 bits per heavy atom. The summed E-state index contributed by atoms with van der Waals surface area (Å²) in [6, 6.07) is 3.69. The van der Waals surface area contributed by atoms with Gasteiger partial charge in [-0.05, 0) is 67.9 Å². The van der Waals surface area contributed by atoms with Crippen LogP contribution in [-0.4, -0.2) is 5.17 Å². The molecule has 0 saturated heterocycles. The zero-order valence-corrected chi connectivity index (χ0v) is 12.4. The molecule has 0 aromatic heterocycles. The lowest BCUT2D eigenvalue weighted by molar-refractivity contribution is -0.137. The van der Waals surface area contributed by atoms with Crippen molar-refractivity contribution in [3.8, 4) is 0 Å². The van der Waals surface area contributed by atoms with Crippen molar-refractivity contribution >= 4 is 22.5 Å². The van der Waals surface area contributed by atoms with E-state index < -0.39 is 11.7 Å². The Kier molecular flexibility index (Phi) is 3.60. The first-order valence-electron chi connectivity index (χ1n) is 7.00. The highest BCUT2D eigenvalue weighted by Gasteiger charge is 2.33. The van der Waals surface area contributed by atoms with E-state index in [2.05, 4.69) is 4.99 Å². The molecule has 1 aromatic carbocycles. The fraction of sp³-hybridized carbons (Fsp3) is 0.438. The molecule has 1 aliphatic heterocycles. The Morgan fingerprint density at radius 1 is 1.19 bits per heavy atom. The van der Waals surface area contributed by atoms with Gasteiger partial charge in [0.1, 0.15) is 5.17 Å². The lowest BCUT2D eigenvalue weighted by Gasteiger charge is -2.17. The normalized spacial score (nSPS) is 19.8. The van der Waals surface area contributed by atoms with Gasteiger partial charge in [0.25, 0.3) is 0 Å². The highest BCUT2D eigenvalue weighted by molar-refractivity contribution is 6.70. The van der Waals surface area contributed by atoms with E-state index in [-0.39, 0.29) is 0 Å². The van der Waals surface area contributed by atoms with Crippen molar-refractivity contribution in [2.45, 2.75) is 38.8 Å². The predicted molar refractivity (Wildman–Crippen MR) is 78.1 cm³/mol. The second kappa shape index (κ2) is 5.16. The van der Waals surface area contributed by atoms with Gasteiger partial charge in [0.2, 0.25) is 0 Å². The van der Waals surface area contributed by atoms with E-state index in [4.69, 9.17) is 11.6 Å². The van der Waals surface area contributed by atoms with Crippen LogP contribution in [0.1, 0.15) is 37.3 Å². The number of nitrogens with zero attached hydrogens (tertiary/aromatic N) is 1. The summed E-state index contributed by atoms with van der Waals surface area (Å²) in [5, 5.41) is 0.440. The van der Waals surface area contributed by atoms with Crippen molar-refractivity contribution in [2.24, 2.45) is 10.9 Å². The number of hydrogen-bond acceptors (Lipinski definition) is 1. The second-order valence-corrected chi connectivity index (χ2v) is 6.07. The van der Waals surface area contributed by atoms with Crippen molar-refractivity contribution < 1.29 is 13.2 Å². The average Bonchev–Trinajstić information content (AvgIpc) is 3.19. The fourth-order valence-corrected chi connectivity index (χ4v) is 3.17. The molecule has 0 radical (unpaired) electrons. The van der Waals surface area contributed by atoms with Crippen LogP contribution in [0.2, 0.25) is 0 Å². The Bertz CT molecular complexity index is 639. The molecule has 0 N–H and O–H groups in total. The summed E-state index contributed by atoms with van der Waals surface area (Å²) in [7, 11) is 0. The second-order valence-electron chi connectivity index (χ2n) is 5.71. The SMILES string of the molecule is CC1=C(C2CC2)C(Cl)=Nc2ccc(C(F)(F)F)cc2CC1. The summed E-state index contributed by atoms with van der Waals surface area (Å²) in [5.41, 5.74) is 2.78. The number of fused-ring (bicyclic) bond motifs is 1. The molecule has 0 amide bonds. The Balaban J connectivity index is 2.03. The molecule has 1 heterocycles. The zero-order chi connectivity index (χ0) is 15.2. The van der Waals surface area contributed by atoms with Crippen LogP contribution in [0.25, 0.3) is 0 Å². The first-order chi connectivity index (χ1) is 9.86. The van der Waals surface area contributed by atoms with Gasteiger partial charge in [-0.2, -0.15) is 13.2 Å². The summed E-state index contributed by atoms with van der Waals surface area (Å²) in [6.07, 6.45) is -0.785. The van der Waals surface area contributed by atoms with Crippen molar-refractivity contribution in [3.05, 3.63) is 40.5 Å². The minimum absolute atomic E-state index is 0.440. The van der Waals surface area contributed by atoms with Gasteiger partial charge in [0.15, 0.2) is 0 Å². The topological polar surface area (TPSA) is 12.4 Å². The van der Waals surface area contributed by atoms with Crippen LogP contribution in [0.5, 0.6) is 0 Å². The summed E-state index contributed by atoms with van der Waals surface area (Å²) < 4.78 is 38.4. The standard InChI is InChI=1S/C16H15ClF3N/c1-9-2-3-11-8-12(16(18,19)20)6-7-13(11)21-15(17)14(9)10-4-5-10/h6-8,10H,2-5H2,1H3. The van der Waals surface area contributed by atoms with Crippen LogP contribution in [0.15, 0.2) is 34.3 Å². The van der Waals surface area contributed by atoms with Crippen molar-refractivity contribution in [1.82, 2.24) is 0 Å². The molecule has 0 spiro atoms. The first-order valence-corrected chi connectivity index (χ1v) is 7.38. The highest BCUT2D eigenvalue weighted by atomic mass is 35.5. The maximum absolute atomic E-state index is 12.8. The van der Waals surface area contributed by atoms with E-state index in [1.165, 1.54) is 12.1 Å². The number of benzene rings is 1. The number of hydrogen-bond donors (Lipinski definition) is 0. The first kappa shape index (κ1) is 14.6. The molecule has 1 aliphatic carbocycles.